The fraction of sp³-hybridized carbons (Fsp3) is 0.0769. The van der Waals surface area contributed by atoms with Crippen LogP contribution in [0, 0.1) is 0 Å². The van der Waals surface area contributed by atoms with Crippen LogP contribution < -0.4 is 16.2 Å². The van der Waals surface area contributed by atoms with Crippen LogP contribution >= 0.6 is 28.1 Å². The summed E-state index contributed by atoms with van der Waals surface area (Å²) in [5.41, 5.74) is 5.67. The smallest absolute Gasteiger partial charge is 0.269 e. The van der Waals surface area contributed by atoms with Crippen LogP contribution in [0.15, 0.2) is 51.6 Å². The first-order valence-corrected chi connectivity index (χ1v) is 6.97. The highest BCUT2D eigenvalue weighted by Crippen LogP contribution is 2.10. The number of hydrogen-bond acceptors (Lipinski definition) is 3. The highest BCUT2D eigenvalue weighted by Gasteiger charge is 2.05. The molecule has 1 aromatic carbocycles. The molecule has 1 heterocycles. The largest absolute Gasteiger partial charge is 0.467 e. The third-order valence-electron chi connectivity index (χ3n) is 2.40. The van der Waals surface area contributed by atoms with Gasteiger partial charge in [0.15, 0.2) is 5.11 Å². The lowest BCUT2D eigenvalue weighted by molar-refractivity contribution is 0.0943. The van der Waals surface area contributed by atoms with E-state index in [1.807, 2.05) is 6.07 Å². The molecule has 104 valence electrons. The summed E-state index contributed by atoms with van der Waals surface area (Å²) in [5, 5.41) is 3.22. The van der Waals surface area contributed by atoms with Crippen molar-refractivity contribution in [3.8, 4) is 0 Å². The summed E-state index contributed by atoms with van der Waals surface area (Å²) in [4.78, 5) is 11.8. The van der Waals surface area contributed by atoms with Crippen LogP contribution in [-0.4, -0.2) is 11.0 Å². The van der Waals surface area contributed by atoms with Gasteiger partial charge in [0.2, 0.25) is 0 Å². The monoisotopic (exact) mass is 353 g/mol. The average molecular weight is 354 g/mol. The molecule has 0 aliphatic heterocycles. The highest BCUT2D eigenvalue weighted by atomic mass is 79.9. The summed E-state index contributed by atoms with van der Waals surface area (Å²) in [6.07, 6.45) is 1.59. The van der Waals surface area contributed by atoms with Crippen molar-refractivity contribution in [1.29, 1.82) is 0 Å². The first-order valence-electron chi connectivity index (χ1n) is 5.77. The van der Waals surface area contributed by atoms with E-state index in [0.717, 1.165) is 10.2 Å². The van der Waals surface area contributed by atoms with Crippen LogP contribution in [-0.2, 0) is 6.54 Å². The molecule has 1 amide bonds. The standard InChI is InChI=1S/C13H12BrN3O2S/c14-10-5-3-9(4-6-10)12(18)16-17-13(20)15-8-11-2-1-7-19-11/h1-7H,8H2,(H,16,18)(H2,15,17,20). The average Bonchev–Trinajstić information content (AvgIpc) is 2.96. The van der Waals surface area contributed by atoms with E-state index in [9.17, 15) is 4.79 Å². The Morgan fingerprint density at radius 1 is 1.20 bits per heavy atom. The Morgan fingerprint density at radius 3 is 2.60 bits per heavy atom. The van der Waals surface area contributed by atoms with Crippen LogP contribution in [0.1, 0.15) is 16.1 Å². The lowest BCUT2D eigenvalue weighted by atomic mass is 10.2. The van der Waals surface area contributed by atoms with Gasteiger partial charge in [0.05, 0.1) is 12.8 Å². The van der Waals surface area contributed by atoms with Crippen LogP contribution in [0.5, 0.6) is 0 Å². The molecule has 20 heavy (non-hydrogen) atoms. The molecule has 0 saturated carbocycles. The van der Waals surface area contributed by atoms with Gasteiger partial charge in [-0.05, 0) is 48.6 Å². The third kappa shape index (κ3) is 4.36. The minimum Gasteiger partial charge on any atom is -0.467 e. The van der Waals surface area contributed by atoms with E-state index in [1.54, 1.807) is 36.6 Å². The number of furan rings is 1. The predicted octanol–water partition coefficient (Wildman–Crippen LogP) is 2.35. The van der Waals surface area contributed by atoms with Crippen LogP contribution in [0.3, 0.4) is 0 Å². The molecular weight excluding hydrogens is 342 g/mol. The van der Waals surface area contributed by atoms with Gasteiger partial charge in [-0.3, -0.25) is 15.6 Å². The van der Waals surface area contributed by atoms with E-state index >= 15 is 0 Å². The minimum atomic E-state index is -0.264. The second-order valence-electron chi connectivity index (χ2n) is 3.85. The van der Waals surface area contributed by atoms with E-state index in [0.29, 0.717) is 17.2 Å². The summed E-state index contributed by atoms with van der Waals surface area (Å²) >= 11 is 8.34. The molecule has 0 spiro atoms. The van der Waals surface area contributed by atoms with Crippen molar-refractivity contribution in [2.24, 2.45) is 0 Å². The van der Waals surface area contributed by atoms with Crippen molar-refractivity contribution >= 4 is 39.2 Å². The summed E-state index contributed by atoms with van der Waals surface area (Å²) in [6.45, 7) is 0.451. The van der Waals surface area contributed by atoms with Crippen LogP contribution in [0.2, 0.25) is 0 Å². The fourth-order valence-electron chi connectivity index (χ4n) is 1.41. The van der Waals surface area contributed by atoms with Crippen molar-refractivity contribution in [3.05, 3.63) is 58.5 Å². The van der Waals surface area contributed by atoms with Crippen LogP contribution in [0.25, 0.3) is 0 Å². The maximum atomic E-state index is 11.8. The van der Waals surface area contributed by atoms with Gasteiger partial charge >= 0.3 is 0 Å². The summed E-state index contributed by atoms with van der Waals surface area (Å²) in [5.74, 6) is 0.494. The lowest BCUT2D eigenvalue weighted by Crippen LogP contribution is -2.46. The van der Waals surface area contributed by atoms with E-state index in [-0.39, 0.29) is 5.91 Å². The number of benzene rings is 1. The van der Waals surface area contributed by atoms with Crippen molar-refractivity contribution in [1.82, 2.24) is 16.2 Å². The molecule has 0 unspecified atom stereocenters. The number of hydrazine groups is 1. The van der Waals surface area contributed by atoms with Gasteiger partial charge in [0, 0.05) is 10.0 Å². The second-order valence-corrected chi connectivity index (χ2v) is 5.17. The minimum absolute atomic E-state index is 0.264. The Labute approximate surface area is 129 Å². The number of carbonyl (C=O) groups excluding carboxylic acids is 1. The number of nitrogens with one attached hydrogen (secondary N) is 3. The highest BCUT2D eigenvalue weighted by molar-refractivity contribution is 9.10. The number of halogens is 1. The topological polar surface area (TPSA) is 66.3 Å². The number of amides is 1. The van der Waals surface area contributed by atoms with Gasteiger partial charge in [-0.2, -0.15) is 0 Å². The van der Waals surface area contributed by atoms with Gasteiger partial charge in [0.1, 0.15) is 5.76 Å². The van der Waals surface area contributed by atoms with E-state index < -0.39 is 0 Å². The van der Waals surface area contributed by atoms with Crippen molar-refractivity contribution < 1.29 is 9.21 Å². The van der Waals surface area contributed by atoms with Gasteiger partial charge in [-0.15, -0.1) is 0 Å². The summed E-state index contributed by atoms with van der Waals surface area (Å²) < 4.78 is 6.06. The van der Waals surface area contributed by atoms with E-state index in [1.165, 1.54) is 0 Å². The van der Waals surface area contributed by atoms with Gasteiger partial charge in [-0.25, -0.2) is 0 Å². The SMILES string of the molecule is O=C(NNC(=S)NCc1ccco1)c1ccc(Br)cc1. The van der Waals surface area contributed by atoms with Gasteiger partial charge < -0.3 is 9.73 Å². The molecule has 0 aliphatic rings. The zero-order valence-electron chi connectivity index (χ0n) is 10.4. The molecule has 0 atom stereocenters. The number of thiocarbonyl (C=S) groups is 1. The third-order valence-corrected chi connectivity index (χ3v) is 3.17. The molecule has 0 bridgehead atoms. The van der Waals surface area contributed by atoms with Crippen molar-refractivity contribution in [2.75, 3.05) is 0 Å². The Morgan fingerprint density at radius 2 is 1.95 bits per heavy atom. The second kappa shape index (κ2) is 7.06. The molecule has 3 N–H and O–H groups in total. The molecular formula is C13H12BrN3O2S. The van der Waals surface area contributed by atoms with E-state index in [2.05, 4.69) is 32.1 Å². The first kappa shape index (κ1) is 14.5. The fourth-order valence-corrected chi connectivity index (χ4v) is 1.80. The normalized spacial score (nSPS) is 9.85. The zero-order chi connectivity index (χ0) is 14.4. The van der Waals surface area contributed by atoms with Crippen molar-refractivity contribution in [3.63, 3.8) is 0 Å². The quantitative estimate of drug-likeness (QED) is 0.583. The summed E-state index contributed by atoms with van der Waals surface area (Å²) in [7, 11) is 0. The number of carbonyl (C=O) groups is 1. The zero-order valence-corrected chi connectivity index (χ0v) is 12.8. The molecule has 0 saturated heterocycles. The Kier molecular flexibility index (Phi) is 5.14. The Hall–Kier alpha value is -1.86. The van der Waals surface area contributed by atoms with Gasteiger partial charge in [-0.1, -0.05) is 15.9 Å². The molecule has 5 nitrogen and oxygen atoms in total. The molecule has 7 heteroatoms. The van der Waals surface area contributed by atoms with Crippen LogP contribution in [0.4, 0.5) is 0 Å². The molecule has 0 fully saturated rings. The number of rotatable bonds is 3. The molecule has 0 radical (unpaired) electrons. The first-order chi connectivity index (χ1) is 9.65. The van der Waals surface area contributed by atoms with Crippen molar-refractivity contribution in [2.45, 2.75) is 6.54 Å². The maximum Gasteiger partial charge on any atom is 0.269 e. The Bertz CT molecular complexity index is 584. The molecule has 0 aliphatic carbocycles. The predicted molar refractivity (Wildman–Crippen MR) is 82.9 cm³/mol. The molecule has 1 aromatic heterocycles. The number of hydrogen-bond donors (Lipinski definition) is 3. The maximum absolute atomic E-state index is 11.8. The van der Waals surface area contributed by atoms with E-state index in [4.69, 9.17) is 16.6 Å². The Balaban J connectivity index is 1.75. The van der Waals surface area contributed by atoms with Gasteiger partial charge in [0.25, 0.3) is 5.91 Å². The lowest BCUT2D eigenvalue weighted by Gasteiger charge is -2.10. The molecule has 2 rings (SSSR count). The molecule has 2 aromatic rings. The summed E-state index contributed by atoms with van der Waals surface area (Å²) in [6, 6.07) is 10.6.